The molecule has 1 aromatic carbocycles. The van der Waals surface area contributed by atoms with Gasteiger partial charge in [0, 0.05) is 11.6 Å². The second-order valence-electron chi connectivity index (χ2n) is 3.40. The minimum Gasteiger partial charge on any atom is -0.324 e. The lowest BCUT2D eigenvalue weighted by molar-refractivity contribution is 0.151. The van der Waals surface area contributed by atoms with Gasteiger partial charge in [0.1, 0.15) is 0 Å². The Labute approximate surface area is 75.6 Å². The van der Waals surface area contributed by atoms with Crippen molar-refractivity contribution in [2.45, 2.75) is 25.3 Å². The third-order valence-electron chi connectivity index (χ3n) is 2.55. The summed E-state index contributed by atoms with van der Waals surface area (Å²) < 4.78 is 24.6. The summed E-state index contributed by atoms with van der Waals surface area (Å²) in [6.45, 7) is 0. The third kappa shape index (κ3) is 1.44. The summed E-state index contributed by atoms with van der Waals surface area (Å²) in [6, 6.07) is 4.75. The van der Waals surface area contributed by atoms with Gasteiger partial charge >= 0.3 is 0 Å². The number of halogens is 2. The quantitative estimate of drug-likeness (QED) is 0.711. The molecule has 1 aromatic rings. The lowest BCUT2D eigenvalue weighted by Gasteiger charge is -2.06. The maximum Gasteiger partial charge on any atom is 0.263 e. The molecule has 0 saturated carbocycles. The highest BCUT2D eigenvalue weighted by molar-refractivity contribution is 5.38. The largest absolute Gasteiger partial charge is 0.324 e. The number of hydrogen-bond acceptors (Lipinski definition) is 1. The van der Waals surface area contributed by atoms with Gasteiger partial charge in [0.05, 0.1) is 0 Å². The topological polar surface area (TPSA) is 26.0 Å². The molecule has 0 radical (unpaired) electrons. The third-order valence-corrected chi connectivity index (χ3v) is 2.55. The van der Waals surface area contributed by atoms with E-state index in [0.717, 1.165) is 24.0 Å². The molecule has 2 N–H and O–H groups in total. The maximum atomic E-state index is 12.3. The summed E-state index contributed by atoms with van der Waals surface area (Å²) in [7, 11) is 0. The molecule has 0 saturated heterocycles. The Morgan fingerprint density at radius 3 is 2.85 bits per heavy atom. The molecule has 13 heavy (non-hydrogen) atoms. The Kier molecular flexibility index (Phi) is 2.04. The highest BCUT2D eigenvalue weighted by Gasteiger charge is 2.20. The van der Waals surface area contributed by atoms with Crippen molar-refractivity contribution in [3.63, 3.8) is 0 Å². The van der Waals surface area contributed by atoms with Crippen molar-refractivity contribution in [3.05, 3.63) is 34.9 Å². The van der Waals surface area contributed by atoms with E-state index in [0.29, 0.717) is 0 Å². The molecule has 0 bridgehead atoms. The molecule has 0 amide bonds. The van der Waals surface area contributed by atoms with E-state index >= 15 is 0 Å². The van der Waals surface area contributed by atoms with Crippen molar-refractivity contribution in [2.24, 2.45) is 5.73 Å². The Morgan fingerprint density at radius 1 is 1.38 bits per heavy atom. The van der Waals surface area contributed by atoms with Crippen molar-refractivity contribution in [3.8, 4) is 0 Å². The van der Waals surface area contributed by atoms with Gasteiger partial charge < -0.3 is 5.73 Å². The Hall–Kier alpha value is -0.960. The van der Waals surface area contributed by atoms with Gasteiger partial charge in [-0.15, -0.1) is 0 Å². The van der Waals surface area contributed by atoms with Crippen molar-refractivity contribution in [1.29, 1.82) is 0 Å². The average molecular weight is 183 g/mol. The van der Waals surface area contributed by atoms with Crippen LogP contribution in [0.5, 0.6) is 0 Å². The van der Waals surface area contributed by atoms with Crippen LogP contribution in [0.1, 0.15) is 35.6 Å². The molecule has 0 fully saturated rings. The molecule has 1 atom stereocenters. The first-order chi connectivity index (χ1) is 6.18. The number of fused-ring (bicyclic) bond motifs is 1. The van der Waals surface area contributed by atoms with Crippen LogP contribution in [0.3, 0.4) is 0 Å². The van der Waals surface area contributed by atoms with E-state index in [2.05, 4.69) is 0 Å². The number of rotatable bonds is 1. The summed E-state index contributed by atoms with van der Waals surface area (Å²) in [5.74, 6) is 0. The van der Waals surface area contributed by atoms with Gasteiger partial charge in [-0.1, -0.05) is 12.1 Å². The molecule has 70 valence electrons. The molecule has 0 aromatic heterocycles. The fraction of sp³-hybridized carbons (Fsp3) is 0.400. The second-order valence-corrected chi connectivity index (χ2v) is 3.40. The molecule has 1 aliphatic carbocycles. The van der Waals surface area contributed by atoms with Gasteiger partial charge in [-0.3, -0.25) is 0 Å². The Morgan fingerprint density at radius 2 is 2.15 bits per heavy atom. The number of aryl methyl sites for hydroxylation is 1. The van der Waals surface area contributed by atoms with Gasteiger partial charge in [0.25, 0.3) is 6.43 Å². The normalized spacial score (nSPS) is 20.8. The average Bonchev–Trinajstić information content (AvgIpc) is 2.47. The predicted molar refractivity (Wildman–Crippen MR) is 46.6 cm³/mol. The van der Waals surface area contributed by atoms with E-state index < -0.39 is 6.43 Å². The van der Waals surface area contributed by atoms with Crippen LogP contribution in [-0.2, 0) is 6.42 Å². The number of benzene rings is 1. The summed E-state index contributed by atoms with van der Waals surface area (Å²) in [6.07, 6.45) is -0.597. The minimum atomic E-state index is -2.39. The molecule has 0 aliphatic heterocycles. The van der Waals surface area contributed by atoms with Gasteiger partial charge in [-0.25, -0.2) is 8.78 Å². The number of nitrogens with two attached hydrogens (primary N) is 1. The zero-order valence-corrected chi connectivity index (χ0v) is 7.13. The minimum absolute atomic E-state index is 0.0475. The summed E-state index contributed by atoms with van der Waals surface area (Å²) in [5, 5.41) is 0. The van der Waals surface area contributed by atoms with Crippen LogP contribution >= 0.6 is 0 Å². The van der Waals surface area contributed by atoms with Crippen molar-refractivity contribution in [2.75, 3.05) is 0 Å². The SMILES string of the molecule is N[C@@H]1CCc2ccc(C(F)F)cc21. The van der Waals surface area contributed by atoms with Gasteiger partial charge in [-0.2, -0.15) is 0 Å². The number of alkyl halides is 2. The van der Waals surface area contributed by atoms with Crippen LogP contribution in [0.15, 0.2) is 18.2 Å². The van der Waals surface area contributed by atoms with Crippen LogP contribution in [0.25, 0.3) is 0 Å². The highest BCUT2D eigenvalue weighted by atomic mass is 19.3. The van der Waals surface area contributed by atoms with E-state index in [1.54, 1.807) is 6.07 Å². The van der Waals surface area contributed by atoms with Crippen LogP contribution in [0.2, 0.25) is 0 Å². The first-order valence-corrected chi connectivity index (χ1v) is 4.35. The Bertz CT molecular complexity index is 323. The van der Waals surface area contributed by atoms with Crippen molar-refractivity contribution < 1.29 is 8.78 Å². The molecule has 2 rings (SSSR count). The fourth-order valence-electron chi connectivity index (χ4n) is 1.79. The van der Waals surface area contributed by atoms with Crippen LogP contribution in [0.4, 0.5) is 8.78 Å². The van der Waals surface area contributed by atoms with Crippen LogP contribution in [-0.4, -0.2) is 0 Å². The smallest absolute Gasteiger partial charge is 0.263 e. The first kappa shape index (κ1) is 8.63. The zero-order chi connectivity index (χ0) is 9.42. The number of hydrogen-bond donors (Lipinski definition) is 1. The molecule has 0 heterocycles. The van der Waals surface area contributed by atoms with E-state index in [1.165, 1.54) is 12.1 Å². The van der Waals surface area contributed by atoms with E-state index in [4.69, 9.17) is 5.73 Å². The highest BCUT2D eigenvalue weighted by Crippen LogP contribution is 2.32. The maximum absolute atomic E-state index is 12.3. The van der Waals surface area contributed by atoms with Gasteiger partial charge in [-0.05, 0) is 30.0 Å². The molecule has 1 nitrogen and oxygen atoms in total. The van der Waals surface area contributed by atoms with Crippen LogP contribution < -0.4 is 5.73 Å². The molecule has 3 heteroatoms. The zero-order valence-electron chi connectivity index (χ0n) is 7.13. The van der Waals surface area contributed by atoms with Gasteiger partial charge in [0.2, 0.25) is 0 Å². The molecular weight excluding hydrogens is 172 g/mol. The second kappa shape index (κ2) is 3.07. The van der Waals surface area contributed by atoms with E-state index in [9.17, 15) is 8.78 Å². The van der Waals surface area contributed by atoms with Crippen LogP contribution in [0, 0.1) is 0 Å². The monoisotopic (exact) mass is 183 g/mol. The van der Waals surface area contributed by atoms with Crippen molar-refractivity contribution >= 4 is 0 Å². The predicted octanol–water partition coefficient (Wildman–Crippen LogP) is 2.57. The summed E-state index contributed by atoms with van der Waals surface area (Å²) in [4.78, 5) is 0. The van der Waals surface area contributed by atoms with Crippen molar-refractivity contribution in [1.82, 2.24) is 0 Å². The lowest BCUT2D eigenvalue weighted by atomic mass is 10.1. The molecule has 0 spiro atoms. The fourth-order valence-corrected chi connectivity index (χ4v) is 1.79. The first-order valence-electron chi connectivity index (χ1n) is 4.35. The van der Waals surface area contributed by atoms with E-state index in [1.807, 2.05) is 0 Å². The van der Waals surface area contributed by atoms with Gasteiger partial charge in [0.15, 0.2) is 0 Å². The Balaban J connectivity index is 2.42. The lowest BCUT2D eigenvalue weighted by Crippen LogP contribution is -2.05. The molecule has 0 unspecified atom stereocenters. The summed E-state index contributed by atoms with van der Waals surface area (Å²) >= 11 is 0. The van der Waals surface area contributed by atoms with E-state index in [-0.39, 0.29) is 11.6 Å². The standard InChI is InChI=1S/C10H11F2N/c11-10(12)7-2-1-6-3-4-9(13)8(6)5-7/h1-2,5,9-10H,3-4,13H2/t9-/m1/s1. The summed E-state index contributed by atoms with van der Waals surface area (Å²) in [5.41, 5.74) is 7.87. The molecule has 1 aliphatic rings. The molecular formula is C10H11F2N.